The van der Waals surface area contributed by atoms with Crippen LogP contribution in [0.1, 0.15) is 18.9 Å². The molecule has 0 radical (unpaired) electrons. The van der Waals surface area contributed by atoms with Gasteiger partial charge >= 0.3 is 6.18 Å². The fourth-order valence-corrected chi connectivity index (χ4v) is 1.52. The molecule has 0 aliphatic carbocycles. The molecule has 1 rings (SSSR count). The maximum atomic E-state index is 12.1. The molecule has 0 aliphatic heterocycles. The minimum atomic E-state index is -4.45. The molecule has 0 bridgehead atoms. The predicted molar refractivity (Wildman–Crippen MR) is 66.6 cm³/mol. The van der Waals surface area contributed by atoms with Crippen molar-refractivity contribution in [1.82, 2.24) is 5.32 Å². The van der Waals surface area contributed by atoms with E-state index in [1.807, 2.05) is 6.92 Å². The molecule has 8 heteroatoms. The van der Waals surface area contributed by atoms with Crippen LogP contribution in [-0.2, 0) is 6.54 Å². The molecule has 0 aliphatic rings. The molecule has 0 heterocycles. The van der Waals surface area contributed by atoms with Crippen molar-refractivity contribution in [3.8, 4) is 5.75 Å². The highest BCUT2D eigenvalue weighted by Crippen LogP contribution is 2.26. The Kier molecular flexibility index (Phi) is 5.75. The van der Waals surface area contributed by atoms with Crippen LogP contribution < -0.4 is 10.1 Å². The van der Waals surface area contributed by atoms with Crippen molar-refractivity contribution < 1.29 is 22.8 Å². The highest BCUT2D eigenvalue weighted by atomic mass is 19.4. The van der Waals surface area contributed by atoms with Gasteiger partial charge in [-0.3, -0.25) is 10.1 Å². The first kappa shape index (κ1) is 16.2. The van der Waals surface area contributed by atoms with Gasteiger partial charge in [0.2, 0.25) is 0 Å². The van der Waals surface area contributed by atoms with E-state index in [9.17, 15) is 23.3 Å². The topological polar surface area (TPSA) is 64.4 Å². The van der Waals surface area contributed by atoms with E-state index in [0.29, 0.717) is 12.1 Å². The van der Waals surface area contributed by atoms with E-state index in [2.05, 4.69) is 10.1 Å². The molecule has 0 amide bonds. The minimum Gasteiger partial charge on any atom is -0.484 e. The van der Waals surface area contributed by atoms with Crippen LogP contribution >= 0.6 is 0 Å². The maximum Gasteiger partial charge on any atom is 0.422 e. The van der Waals surface area contributed by atoms with Gasteiger partial charge in [-0.05, 0) is 19.0 Å². The van der Waals surface area contributed by atoms with Gasteiger partial charge in [-0.15, -0.1) is 0 Å². The average Bonchev–Trinajstić information content (AvgIpc) is 2.36. The number of nitro groups is 1. The third-order valence-corrected chi connectivity index (χ3v) is 2.39. The van der Waals surface area contributed by atoms with Crippen LogP contribution in [0.15, 0.2) is 18.2 Å². The first-order valence-electron chi connectivity index (χ1n) is 6.01. The second-order valence-electron chi connectivity index (χ2n) is 4.13. The lowest BCUT2D eigenvalue weighted by Gasteiger charge is -2.13. The number of rotatable bonds is 7. The third-order valence-electron chi connectivity index (χ3n) is 2.39. The molecule has 112 valence electrons. The van der Waals surface area contributed by atoms with Gasteiger partial charge in [-0.1, -0.05) is 6.92 Å². The van der Waals surface area contributed by atoms with Crippen LogP contribution in [0.4, 0.5) is 18.9 Å². The minimum absolute atomic E-state index is 0.00321. The van der Waals surface area contributed by atoms with Crippen LogP contribution in [0.25, 0.3) is 0 Å². The number of benzene rings is 1. The number of nitrogens with one attached hydrogen (secondary N) is 1. The van der Waals surface area contributed by atoms with Crippen molar-refractivity contribution in [2.45, 2.75) is 26.1 Å². The molecular formula is C12H15F3N2O3. The van der Waals surface area contributed by atoms with Crippen molar-refractivity contribution in [3.05, 3.63) is 33.9 Å². The van der Waals surface area contributed by atoms with E-state index in [-0.39, 0.29) is 18.0 Å². The van der Waals surface area contributed by atoms with Gasteiger partial charge < -0.3 is 10.1 Å². The molecule has 0 spiro atoms. The summed E-state index contributed by atoms with van der Waals surface area (Å²) in [7, 11) is 0. The van der Waals surface area contributed by atoms with Gasteiger partial charge in [-0.2, -0.15) is 13.2 Å². The Bertz CT molecular complexity index is 464. The zero-order valence-electron chi connectivity index (χ0n) is 10.9. The molecule has 0 aromatic heterocycles. The Balaban J connectivity index is 2.87. The number of halogens is 3. The standard InChI is InChI=1S/C12H15F3N2O3/c1-2-5-16-7-9-6-10(17(18)19)3-4-11(9)20-8-12(13,14)15/h3-4,6,16H,2,5,7-8H2,1H3. The average molecular weight is 292 g/mol. The summed E-state index contributed by atoms with van der Waals surface area (Å²) in [5, 5.41) is 13.6. The molecular weight excluding hydrogens is 277 g/mol. The summed E-state index contributed by atoms with van der Waals surface area (Å²) in [6, 6.07) is 3.52. The highest BCUT2D eigenvalue weighted by Gasteiger charge is 2.29. The number of nitro benzene ring substituents is 1. The number of nitrogens with zero attached hydrogens (tertiary/aromatic N) is 1. The van der Waals surface area contributed by atoms with Crippen LogP contribution in [0.3, 0.4) is 0 Å². The van der Waals surface area contributed by atoms with Crippen LogP contribution in [0.5, 0.6) is 5.75 Å². The molecule has 0 saturated heterocycles. The molecule has 20 heavy (non-hydrogen) atoms. The lowest BCUT2D eigenvalue weighted by molar-refractivity contribution is -0.384. The van der Waals surface area contributed by atoms with Gasteiger partial charge in [0.1, 0.15) is 5.75 Å². The number of hydrogen-bond donors (Lipinski definition) is 1. The third kappa shape index (κ3) is 5.43. The second-order valence-corrected chi connectivity index (χ2v) is 4.13. The van der Waals surface area contributed by atoms with E-state index >= 15 is 0 Å². The van der Waals surface area contributed by atoms with E-state index < -0.39 is 17.7 Å². The molecule has 0 unspecified atom stereocenters. The molecule has 1 aromatic rings. The number of alkyl halides is 3. The van der Waals surface area contributed by atoms with Crippen molar-refractivity contribution in [1.29, 1.82) is 0 Å². The Morgan fingerprint density at radius 3 is 2.65 bits per heavy atom. The summed E-state index contributed by atoms with van der Waals surface area (Å²) in [6.45, 7) is 1.37. The zero-order chi connectivity index (χ0) is 15.2. The van der Waals surface area contributed by atoms with E-state index in [1.54, 1.807) is 0 Å². The summed E-state index contributed by atoms with van der Waals surface area (Å²) in [4.78, 5) is 10.1. The number of hydrogen-bond acceptors (Lipinski definition) is 4. The first-order chi connectivity index (χ1) is 9.33. The predicted octanol–water partition coefficient (Wildman–Crippen LogP) is 3.04. The number of ether oxygens (including phenoxy) is 1. The molecule has 1 aromatic carbocycles. The van der Waals surface area contributed by atoms with E-state index in [0.717, 1.165) is 12.5 Å². The monoisotopic (exact) mass is 292 g/mol. The summed E-state index contributed by atoms with van der Waals surface area (Å²) in [5.41, 5.74) is 0.148. The van der Waals surface area contributed by atoms with Crippen molar-refractivity contribution in [2.75, 3.05) is 13.2 Å². The molecule has 5 nitrogen and oxygen atoms in total. The highest BCUT2D eigenvalue weighted by molar-refractivity contribution is 5.43. The fraction of sp³-hybridized carbons (Fsp3) is 0.500. The van der Waals surface area contributed by atoms with Gasteiger partial charge in [0.25, 0.3) is 5.69 Å². The number of non-ortho nitro benzene ring substituents is 1. The van der Waals surface area contributed by atoms with Crippen molar-refractivity contribution in [3.63, 3.8) is 0 Å². The summed E-state index contributed by atoms with van der Waals surface area (Å²) < 4.78 is 41.1. The normalized spacial score (nSPS) is 11.4. The Labute approximate surface area is 113 Å². The first-order valence-corrected chi connectivity index (χ1v) is 6.01. The lowest BCUT2D eigenvalue weighted by Crippen LogP contribution is -2.21. The summed E-state index contributed by atoms with van der Waals surface area (Å²) >= 11 is 0. The molecule has 0 fully saturated rings. The smallest absolute Gasteiger partial charge is 0.422 e. The quantitative estimate of drug-likeness (QED) is 0.476. The Hall–Kier alpha value is -1.83. The van der Waals surface area contributed by atoms with Gasteiger partial charge in [0, 0.05) is 24.2 Å². The largest absolute Gasteiger partial charge is 0.484 e. The SMILES string of the molecule is CCCNCc1cc([N+](=O)[O-])ccc1OCC(F)(F)F. The van der Waals surface area contributed by atoms with Crippen LogP contribution in [0, 0.1) is 10.1 Å². The van der Waals surface area contributed by atoms with Crippen LogP contribution in [-0.4, -0.2) is 24.3 Å². The Morgan fingerprint density at radius 1 is 1.40 bits per heavy atom. The summed E-state index contributed by atoms with van der Waals surface area (Å²) in [5.74, 6) is -0.00321. The van der Waals surface area contributed by atoms with Gasteiger partial charge in [0.15, 0.2) is 6.61 Å². The van der Waals surface area contributed by atoms with Crippen molar-refractivity contribution >= 4 is 5.69 Å². The van der Waals surface area contributed by atoms with Crippen molar-refractivity contribution in [2.24, 2.45) is 0 Å². The molecule has 0 saturated carbocycles. The Morgan fingerprint density at radius 2 is 2.10 bits per heavy atom. The molecule has 1 N–H and O–H groups in total. The fourth-order valence-electron chi connectivity index (χ4n) is 1.52. The maximum absolute atomic E-state index is 12.1. The van der Waals surface area contributed by atoms with Gasteiger partial charge in [0.05, 0.1) is 4.92 Å². The van der Waals surface area contributed by atoms with Gasteiger partial charge in [-0.25, -0.2) is 0 Å². The van der Waals surface area contributed by atoms with E-state index in [1.165, 1.54) is 12.1 Å². The lowest BCUT2D eigenvalue weighted by atomic mass is 10.1. The van der Waals surface area contributed by atoms with E-state index in [4.69, 9.17) is 0 Å². The summed E-state index contributed by atoms with van der Waals surface area (Å²) in [6.07, 6.45) is -3.61. The molecule has 0 atom stereocenters. The second kappa shape index (κ2) is 7.09. The van der Waals surface area contributed by atoms with Crippen LogP contribution in [0.2, 0.25) is 0 Å². The zero-order valence-corrected chi connectivity index (χ0v) is 10.9.